The van der Waals surface area contributed by atoms with Crippen LogP contribution in [0, 0.1) is 0 Å². The fourth-order valence-electron chi connectivity index (χ4n) is 1.51. The van der Waals surface area contributed by atoms with Crippen LogP contribution in [0.15, 0.2) is 0 Å². The Morgan fingerprint density at radius 3 is 2.67 bits per heavy atom. The van der Waals surface area contributed by atoms with E-state index in [-0.39, 0.29) is 17.5 Å². The predicted octanol–water partition coefficient (Wildman–Crippen LogP) is 3.08. The smallest absolute Gasteiger partial charge is 0.435 e. The largest absolute Gasteiger partial charge is 0.511 e. The number of carbonyl (C=O) groups is 2. The molecule has 7 nitrogen and oxygen atoms in total. The average molecular weight is 319 g/mol. The lowest BCUT2D eigenvalue weighted by molar-refractivity contribution is -0.0813. The number of nitrogens with zero attached hydrogens (tertiary/aromatic N) is 1. The van der Waals surface area contributed by atoms with E-state index < -0.39 is 18.4 Å². The second-order valence-electron chi connectivity index (χ2n) is 4.22. The molecule has 0 amide bonds. The summed E-state index contributed by atoms with van der Waals surface area (Å²) in [6.45, 7) is 5.26. The van der Waals surface area contributed by atoms with Gasteiger partial charge in [-0.3, -0.25) is 0 Å². The van der Waals surface area contributed by atoms with E-state index in [9.17, 15) is 9.59 Å². The molecule has 1 rings (SSSR count). The second-order valence-corrected chi connectivity index (χ2v) is 4.60. The van der Waals surface area contributed by atoms with Crippen molar-refractivity contribution < 1.29 is 23.8 Å². The van der Waals surface area contributed by atoms with Crippen LogP contribution in [0.2, 0.25) is 5.15 Å². The summed E-state index contributed by atoms with van der Waals surface area (Å²) in [4.78, 5) is 29.9. The lowest BCUT2D eigenvalue weighted by Gasteiger charge is -2.12. The Morgan fingerprint density at radius 2 is 2.05 bits per heavy atom. The highest BCUT2D eigenvalue weighted by atomic mass is 35.5. The molecular formula is C13H19ClN2O5. The number of rotatable bonds is 7. The molecule has 1 unspecified atom stereocenters. The number of carbonyl (C=O) groups excluding carboxylic acids is 2. The fourth-order valence-corrected chi connectivity index (χ4v) is 1.74. The Hall–Kier alpha value is -1.76. The summed E-state index contributed by atoms with van der Waals surface area (Å²) >= 11 is 5.91. The third-order valence-electron chi connectivity index (χ3n) is 2.47. The van der Waals surface area contributed by atoms with Gasteiger partial charge in [-0.05, 0) is 13.3 Å². The summed E-state index contributed by atoms with van der Waals surface area (Å²) in [6, 6.07) is 0. The van der Waals surface area contributed by atoms with Crippen molar-refractivity contribution in [3.63, 3.8) is 0 Å². The number of ether oxygens (including phenoxy) is 3. The van der Waals surface area contributed by atoms with Crippen LogP contribution in [0.25, 0.3) is 0 Å². The molecule has 0 aliphatic heterocycles. The van der Waals surface area contributed by atoms with Crippen molar-refractivity contribution >= 4 is 23.7 Å². The van der Waals surface area contributed by atoms with Crippen LogP contribution < -0.4 is 0 Å². The van der Waals surface area contributed by atoms with Gasteiger partial charge in [-0.15, -0.1) is 0 Å². The summed E-state index contributed by atoms with van der Waals surface area (Å²) in [5.41, 5.74) is -0.0259. The Balaban J connectivity index is 2.58. The molecule has 0 fully saturated rings. The number of aromatic amines is 1. The molecule has 1 N–H and O–H groups in total. The summed E-state index contributed by atoms with van der Waals surface area (Å²) in [6.07, 6.45) is 0.625. The van der Waals surface area contributed by atoms with Gasteiger partial charge in [0, 0.05) is 13.3 Å². The van der Waals surface area contributed by atoms with Gasteiger partial charge in [0.1, 0.15) is 11.0 Å². The van der Waals surface area contributed by atoms with Gasteiger partial charge in [0.25, 0.3) is 0 Å². The zero-order valence-corrected chi connectivity index (χ0v) is 13.0. The van der Waals surface area contributed by atoms with Gasteiger partial charge in [-0.2, -0.15) is 0 Å². The van der Waals surface area contributed by atoms with Gasteiger partial charge in [0.15, 0.2) is 5.69 Å². The molecule has 21 heavy (non-hydrogen) atoms. The molecule has 0 spiro atoms. The van der Waals surface area contributed by atoms with E-state index >= 15 is 0 Å². The third-order valence-corrected chi connectivity index (χ3v) is 2.74. The van der Waals surface area contributed by atoms with E-state index in [0.29, 0.717) is 12.2 Å². The van der Waals surface area contributed by atoms with E-state index in [4.69, 9.17) is 21.1 Å². The SMILES string of the molecule is CCCCc1nc(C(=O)OC(C)OC(=O)OCC)c(Cl)[nH]1. The Morgan fingerprint density at radius 1 is 1.33 bits per heavy atom. The Kier molecular flexibility index (Phi) is 7.01. The minimum atomic E-state index is -1.09. The average Bonchev–Trinajstić information content (AvgIpc) is 2.77. The van der Waals surface area contributed by atoms with E-state index in [1.165, 1.54) is 6.92 Å². The molecule has 0 aliphatic carbocycles. The highest BCUT2D eigenvalue weighted by Gasteiger charge is 2.21. The van der Waals surface area contributed by atoms with Crippen molar-refractivity contribution in [1.82, 2.24) is 9.97 Å². The second kappa shape index (κ2) is 8.51. The first-order valence-electron chi connectivity index (χ1n) is 6.76. The monoisotopic (exact) mass is 318 g/mol. The number of aromatic nitrogens is 2. The first kappa shape index (κ1) is 17.3. The highest BCUT2D eigenvalue weighted by molar-refractivity contribution is 6.32. The maximum Gasteiger partial charge on any atom is 0.511 e. The highest BCUT2D eigenvalue weighted by Crippen LogP contribution is 2.16. The maximum atomic E-state index is 11.9. The zero-order valence-electron chi connectivity index (χ0n) is 12.3. The van der Waals surface area contributed by atoms with E-state index in [1.807, 2.05) is 6.92 Å². The molecule has 118 valence electrons. The van der Waals surface area contributed by atoms with Gasteiger partial charge >= 0.3 is 12.1 Å². The number of H-pyrrole nitrogens is 1. The molecular weight excluding hydrogens is 300 g/mol. The topological polar surface area (TPSA) is 90.5 Å². The lowest BCUT2D eigenvalue weighted by Crippen LogP contribution is -2.22. The molecule has 8 heteroatoms. The third kappa shape index (κ3) is 5.63. The first-order chi connectivity index (χ1) is 9.97. The van der Waals surface area contributed by atoms with E-state index in [1.54, 1.807) is 6.92 Å². The Labute approximate surface area is 127 Å². The summed E-state index contributed by atoms with van der Waals surface area (Å²) < 4.78 is 14.2. The number of aryl methyl sites for hydroxylation is 1. The molecule has 0 radical (unpaired) electrons. The molecule has 0 saturated carbocycles. The van der Waals surface area contributed by atoms with Crippen molar-refractivity contribution in [1.29, 1.82) is 0 Å². The summed E-state index contributed by atoms with van der Waals surface area (Å²) in [7, 11) is 0. The van der Waals surface area contributed by atoms with Crippen molar-refractivity contribution in [2.45, 2.75) is 46.3 Å². The van der Waals surface area contributed by atoms with E-state index in [0.717, 1.165) is 12.8 Å². The lowest BCUT2D eigenvalue weighted by atomic mass is 10.2. The molecule has 1 aromatic rings. The van der Waals surface area contributed by atoms with Crippen LogP contribution in [0.1, 0.15) is 49.9 Å². The van der Waals surface area contributed by atoms with Crippen LogP contribution in [0.5, 0.6) is 0 Å². The van der Waals surface area contributed by atoms with Gasteiger partial charge in [-0.1, -0.05) is 24.9 Å². The predicted molar refractivity (Wildman–Crippen MR) is 75.2 cm³/mol. The number of hydrogen-bond donors (Lipinski definition) is 1. The molecule has 0 bridgehead atoms. The van der Waals surface area contributed by atoms with Crippen LogP contribution in [-0.2, 0) is 20.6 Å². The van der Waals surface area contributed by atoms with Crippen LogP contribution in [-0.4, -0.2) is 35.0 Å². The number of hydrogen-bond acceptors (Lipinski definition) is 6. The molecule has 1 heterocycles. The zero-order chi connectivity index (χ0) is 15.8. The standard InChI is InChI=1S/C13H19ClN2O5/c1-4-6-7-9-15-10(11(14)16-9)12(17)20-8(3)21-13(18)19-5-2/h8H,4-7H2,1-3H3,(H,15,16). The first-order valence-corrected chi connectivity index (χ1v) is 7.14. The Bertz CT molecular complexity index is 489. The molecule has 1 atom stereocenters. The van der Waals surface area contributed by atoms with Crippen molar-refractivity contribution in [2.24, 2.45) is 0 Å². The minimum Gasteiger partial charge on any atom is -0.435 e. The normalized spacial score (nSPS) is 11.8. The van der Waals surface area contributed by atoms with Gasteiger partial charge < -0.3 is 19.2 Å². The fraction of sp³-hybridized carbons (Fsp3) is 0.615. The van der Waals surface area contributed by atoms with Gasteiger partial charge in [0.05, 0.1) is 6.61 Å². The molecule has 0 aliphatic rings. The number of nitrogens with one attached hydrogen (secondary N) is 1. The minimum absolute atomic E-state index is 0.0259. The van der Waals surface area contributed by atoms with Crippen LogP contribution in [0.4, 0.5) is 4.79 Å². The van der Waals surface area contributed by atoms with E-state index in [2.05, 4.69) is 14.7 Å². The van der Waals surface area contributed by atoms with Crippen molar-refractivity contribution in [3.8, 4) is 0 Å². The maximum absolute atomic E-state index is 11.9. The van der Waals surface area contributed by atoms with Gasteiger partial charge in [-0.25, -0.2) is 14.6 Å². The number of imidazole rings is 1. The molecule has 1 aromatic heterocycles. The summed E-state index contributed by atoms with van der Waals surface area (Å²) in [5, 5.41) is 0.106. The number of esters is 1. The van der Waals surface area contributed by atoms with Crippen LogP contribution >= 0.6 is 11.6 Å². The van der Waals surface area contributed by atoms with Crippen molar-refractivity contribution in [2.75, 3.05) is 6.61 Å². The van der Waals surface area contributed by atoms with Gasteiger partial charge in [0.2, 0.25) is 6.29 Å². The number of unbranched alkanes of at least 4 members (excludes halogenated alkanes) is 1. The number of halogens is 1. The molecule has 0 aromatic carbocycles. The quantitative estimate of drug-likeness (QED) is 0.613. The summed E-state index contributed by atoms with van der Waals surface area (Å²) in [5.74, 6) is -0.149. The molecule has 0 saturated heterocycles. The van der Waals surface area contributed by atoms with Crippen LogP contribution in [0.3, 0.4) is 0 Å². The van der Waals surface area contributed by atoms with Crippen molar-refractivity contribution in [3.05, 3.63) is 16.7 Å².